The standard InChI is InChI=1S/C12H18N2O/c1-14(2)10-3-4-12(15)11(7-10)9-5-6-13-8-9/h3-4,7,9,13,15H,5-6,8H2,1-2H3. The molecule has 0 spiro atoms. The molecule has 3 nitrogen and oxygen atoms in total. The lowest BCUT2D eigenvalue weighted by Gasteiger charge is -2.17. The zero-order valence-electron chi connectivity index (χ0n) is 9.33. The highest BCUT2D eigenvalue weighted by molar-refractivity contribution is 5.53. The molecule has 1 saturated heterocycles. The first-order valence-corrected chi connectivity index (χ1v) is 5.39. The summed E-state index contributed by atoms with van der Waals surface area (Å²) in [7, 11) is 4.03. The van der Waals surface area contributed by atoms with Gasteiger partial charge in [0.25, 0.3) is 0 Å². The molecule has 1 unspecified atom stereocenters. The molecule has 0 radical (unpaired) electrons. The first kappa shape index (κ1) is 10.3. The van der Waals surface area contributed by atoms with Gasteiger partial charge in [0.05, 0.1) is 0 Å². The van der Waals surface area contributed by atoms with Crippen molar-refractivity contribution < 1.29 is 5.11 Å². The molecule has 2 rings (SSSR count). The number of rotatable bonds is 2. The fourth-order valence-electron chi connectivity index (χ4n) is 2.07. The number of anilines is 1. The van der Waals surface area contributed by atoms with Gasteiger partial charge in [-0.05, 0) is 31.2 Å². The van der Waals surface area contributed by atoms with E-state index in [1.165, 1.54) is 0 Å². The maximum absolute atomic E-state index is 9.83. The van der Waals surface area contributed by atoms with Crippen LogP contribution >= 0.6 is 0 Å². The van der Waals surface area contributed by atoms with E-state index in [1.807, 2.05) is 20.2 Å². The van der Waals surface area contributed by atoms with Gasteiger partial charge in [-0.2, -0.15) is 0 Å². The summed E-state index contributed by atoms with van der Waals surface area (Å²) in [6, 6.07) is 5.83. The lowest BCUT2D eigenvalue weighted by molar-refractivity contribution is 0.463. The Morgan fingerprint density at radius 3 is 2.80 bits per heavy atom. The van der Waals surface area contributed by atoms with E-state index < -0.39 is 0 Å². The van der Waals surface area contributed by atoms with Crippen molar-refractivity contribution in [2.45, 2.75) is 12.3 Å². The summed E-state index contributed by atoms with van der Waals surface area (Å²) in [5.74, 6) is 0.888. The molecule has 3 heteroatoms. The first-order chi connectivity index (χ1) is 7.18. The molecule has 0 aliphatic carbocycles. The number of phenolic OH excluding ortho intramolecular Hbond substituents is 1. The van der Waals surface area contributed by atoms with E-state index in [0.29, 0.717) is 11.7 Å². The van der Waals surface area contributed by atoms with Crippen LogP contribution in [0.3, 0.4) is 0 Å². The molecule has 1 heterocycles. The number of benzene rings is 1. The highest BCUT2D eigenvalue weighted by atomic mass is 16.3. The van der Waals surface area contributed by atoms with Crippen LogP contribution in [0.5, 0.6) is 5.75 Å². The van der Waals surface area contributed by atoms with Crippen LogP contribution in [0.4, 0.5) is 5.69 Å². The fourth-order valence-corrected chi connectivity index (χ4v) is 2.07. The number of aromatic hydroxyl groups is 1. The molecular weight excluding hydrogens is 188 g/mol. The van der Waals surface area contributed by atoms with Crippen molar-refractivity contribution in [1.29, 1.82) is 0 Å². The Balaban J connectivity index is 2.31. The second-order valence-corrected chi connectivity index (χ2v) is 4.33. The van der Waals surface area contributed by atoms with Gasteiger partial charge in [0.2, 0.25) is 0 Å². The summed E-state index contributed by atoms with van der Waals surface area (Å²) in [4.78, 5) is 2.06. The van der Waals surface area contributed by atoms with Gasteiger partial charge in [0.1, 0.15) is 5.75 Å². The van der Waals surface area contributed by atoms with Gasteiger partial charge in [-0.25, -0.2) is 0 Å². The van der Waals surface area contributed by atoms with Crippen molar-refractivity contribution in [3.63, 3.8) is 0 Å². The van der Waals surface area contributed by atoms with Crippen LogP contribution in [0, 0.1) is 0 Å². The highest BCUT2D eigenvalue weighted by Crippen LogP contribution is 2.32. The summed E-state index contributed by atoms with van der Waals surface area (Å²) in [5, 5.41) is 13.2. The average Bonchev–Trinajstić information content (AvgIpc) is 2.71. The van der Waals surface area contributed by atoms with Crippen LogP contribution in [0.15, 0.2) is 18.2 Å². The summed E-state index contributed by atoms with van der Waals surface area (Å²) in [6.45, 7) is 2.03. The second-order valence-electron chi connectivity index (χ2n) is 4.33. The van der Waals surface area contributed by atoms with Crippen LogP contribution in [0.2, 0.25) is 0 Å². The maximum atomic E-state index is 9.83. The van der Waals surface area contributed by atoms with E-state index in [2.05, 4.69) is 16.3 Å². The van der Waals surface area contributed by atoms with E-state index in [4.69, 9.17) is 0 Å². The molecule has 0 aromatic heterocycles. The molecule has 0 saturated carbocycles. The normalized spacial score (nSPS) is 20.5. The Kier molecular flexibility index (Phi) is 2.82. The predicted octanol–water partition coefficient (Wildman–Crippen LogP) is 1.54. The maximum Gasteiger partial charge on any atom is 0.119 e. The predicted molar refractivity (Wildman–Crippen MR) is 62.7 cm³/mol. The quantitative estimate of drug-likeness (QED) is 0.770. The van der Waals surface area contributed by atoms with Gasteiger partial charge >= 0.3 is 0 Å². The summed E-state index contributed by atoms with van der Waals surface area (Å²) < 4.78 is 0. The Morgan fingerprint density at radius 1 is 1.40 bits per heavy atom. The molecular formula is C12H18N2O. The Hall–Kier alpha value is -1.22. The lowest BCUT2D eigenvalue weighted by Crippen LogP contribution is -2.11. The van der Waals surface area contributed by atoms with Gasteiger partial charge < -0.3 is 15.3 Å². The van der Waals surface area contributed by atoms with Crippen LogP contribution in [0.1, 0.15) is 17.9 Å². The molecule has 1 atom stereocenters. The third-order valence-corrected chi connectivity index (χ3v) is 3.03. The van der Waals surface area contributed by atoms with Crippen molar-refractivity contribution in [3.05, 3.63) is 23.8 Å². The van der Waals surface area contributed by atoms with E-state index in [-0.39, 0.29) is 0 Å². The molecule has 1 fully saturated rings. The molecule has 0 bridgehead atoms. The molecule has 0 amide bonds. The summed E-state index contributed by atoms with van der Waals surface area (Å²) >= 11 is 0. The molecule has 1 aromatic carbocycles. The molecule has 82 valence electrons. The van der Waals surface area contributed by atoms with Crippen molar-refractivity contribution in [2.24, 2.45) is 0 Å². The minimum absolute atomic E-state index is 0.425. The minimum Gasteiger partial charge on any atom is -0.508 e. The third-order valence-electron chi connectivity index (χ3n) is 3.03. The second kappa shape index (κ2) is 4.11. The van der Waals surface area contributed by atoms with Crippen LogP contribution in [-0.2, 0) is 0 Å². The van der Waals surface area contributed by atoms with Gasteiger partial charge in [-0.15, -0.1) is 0 Å². The Morgan fingerprint density at radius 2 is 2.20 bits per heavy atom. The molecule has 1 aliphatic heterocycles. The Labute approximate surface area is 90.7 Å². The zero-order chi connectivity index (χ0) is 10.8. The molecule has 1 aliphatic rings. The van der Waals surface area contributed by atoms with Crippen molar-refractivity contribution in [2.75, 3.05) is 32.1 Å². The van der Waals surface area contributed by atoms with Crippen LogP contribution < -0.4 is 10.2 Å². The first-order valence-electron chi connectivity index (χ1n) is 5.39. The SMILES string of the molecule is CN(C)c1ccc(O)c(C2CCNC2)c1. The monoisotopic (exact) mass is 206 g/mol. The van der Waals surface area contributed by atoms with Gasteiger partial charge in [-0.1, -0.05) is 0 Å². The van der Waals surface area contributed by atoms with Crippen molar-refractivity contribution in [3.8, 4) is 5.75 Å². The summed E-state index contributed by atoms with van der Waals surface area (Å²) in [5.41, 5.74) is 2.22. The average molecular weight is 206 g/mol. The number of phenols is 1. The number of nitrogens with zero attached hydrogens (tertiary/aromatic N) is 1. The largest absolute Gasteiger partial charge is 0.508 e. The number of hydrogen-bond donors (Lipinski definition) is 2. The van der Waals surface area contributed by atoms with Gasteiger partial charge in [0.15, 0.2) is 0 Å². The van der Waals surface area contributed by atoms with E-state index in [9.17, 15) is 5.11 Å². The van der Waals surface area contributed by atoms with Crippen molar-refractivity contribution >= 4 is 5.69 Å². The zero-order valence-corrected chi connectivity index (χ0v) is 9.33. The topological polar surface area (TPSA) is 35.5 Å². The molecule has 1 aromatic rings. The Bertz CT molecular complexity index is 343. The third kappa shape index (κ3) is 2.07. The van der Waals surface area contributed by atoms with E-state index in [1.54, 1.807) is 6.07 Å². The number of hydrogen-bond acceptors (Lipinski definition) is 3. The van der Waals surface area contributed by atoms with Crippen LogP contribution in [0.25, 0.3) is 0 Å². The molecule has 2 N–H and O–H groups in total. The van der Waals surface area contributed by atoms with Gasteiger partial charge in [0, 0.05) is 37.8 Å². The van der Waals surface area contributed by atoms with Crippen molar-refractivity contribution in [1.82, 2.24) is 5.32 Å². The minimum atomic E-state index is 0.425. The lowest BCUT2D eigenvalue weighted by atomic mass is 9.97. The van der Waals surface area contributed by atoms with E-state index in [0.717, 1.165) is 30.8 Å². The molecule has 15 heavy (non-hydrogen) atoms. The van der Waals surface area contributed by atoms with Gasteiger partial charge in [-0.3, -0.25) is 0 Å². The smallest absolute Gasteiger partial charge is 0.119 e. The number of nitrogens with one attached hydrogen (secondary N) is 1. The fraction of sp³-hybridized carbons (Fsp3) is 0.500. The van der Waals surface area contributed by atoms with Crippen LogP contribution in [-0.4, -0.2) is 32.3 Å². The van der Waals surface area contributed by atoms with E-state index >= 15 is 0 Å². The highest BCUT2D eigenvalue weighted by Gasteiger charge is 2.20. The summed E-state index contributed by atoms with van der Waals surface area (Å²) in [6.07, 6.45) is 1.12.